The SMILES string of the molecule is CNCCC1CCc2cc(Cl)ccc2N1. The number of rotatable bonds is 3. The molecular weight excluding hydrogens is 208 g/mol. The van der Waals surface area contributed by atoms with Crippen molar-refractivity contribution in [2.45, 2.75) is 25.3 Å². The summed E-state index contributed by atoms with van der Waals surface area (Å²) in [6.07, 6.45) is 3.52. The van der Waals surface area contributed by atoms with E-state index < -0.39 is 0 Å². The average Bonchev–Trinajstić information content (AvgIpc) is 2.26. The highest BCUT2D eigenvalue weighted by atomic mass is 35.5. The maximum Gasteiger partial charge on any atom is 0.0410 e. The molecule has 1 unspecified atom stereocenters. The lowest BCUT2D eigenvalue weighted by molar-refractivity contribution is 0.568. The van der Waals surface area contributed by atoms with Crippen LogP contribution < -0.4 is 10.6 Å². The van der Waals surface area contributed by atoms with E-state index in [-0.39, 0.29) is 0 Å². The molecular formula is C12H17ClN2. The Balaban J connectivity index is 2.03. The Bertz CT molecular complexity index is 338. The number of benzene rings is 1. The van der Waals surface area contributed by atoms with Gasteiger partial charge in [-0.2, -0.15) is 0 Å². The minimum atomic E-state index is 0.603. The van der Waals surface area contributed by atoms with Crippen LogP contribution in [0.4, 0.5) is 5.69 Å². The van der Waals surface area contributed by atoms with E-state index in [0.717, 1.165) is 18.0 Å². The molecule has 0 spiro atoms. The molecule has 0 saturated carbocycles. The first-order valence-electron chi connectivity index (χ1n) is 5.49. The molecule has 0 aromatic heterocycles. The highest BCUT2D eigenvalue weighted by Crippen LogP contribution is 2.28. The maximum absolute atomic E-state index is 5.96. The lowest BCUT2D eigenvalue weighted by Crippen LogP contribution is -2.28. The van der Waals surface area contributed by atoms with E-state index in [1.807, 2.05) is 13.1 Å². The molecule has 1 heterocycles. The van der Waals surface area contributed by atoms with Gasteiger partial charge in [0.05, 0.1) is 0 Å². The van der Waals surface area contributed by atoms with E-state index in [1.165, 1.54) is 24.1 Å². The summed E-state index contributed by atoms with van der Waals surface area (Å²) in [5, 5.41) is 7.58. The molecule has 0 amide bonds. The lowest BCUT2D eigenvalue weighted by Gasteiger charge is -2.27. The highest BCUT2D eigenvalue weighted by molar-refractivity contribution is 6.30. The van der Waals surface area contributed by atoms with Gasteiger partial charge in [0.2, 0.25) is 0 Å². The van der Waals surface area contributed by atoms with Gasteiger partial charge in [-0.3, -0.25) is 0 Å². The number of aryl methyl sites for hydroxylation is 1. The second-order valence-corrected chi connectivity index (χ2v) is 4.51. The molecule has 0 fully saturated rings. The van der Waals surface area contributed by atoms with Crippen molar-refractivity contribution in [2.75, 3.05) is 18.9 Å². The molecule has 3 heteroatoms. The van der Waals surface area contributed by atoms with Crippen LogP contribution in [0.25, 0.3) is 0 Å². The first-order valence-corrected chi connectivity index (χ1v) is 5.87. The van der Waals surface area contributed by atoms with Crippen LogP contribution in [0, 0.1) is 0 Å². The van der Waals surface area contributed by atoms with Crippen molar-refractivity contribution in [1.29, 1.82) is 0 Å². The molecule has 1 atom stereocenters. The van der Waals surface area contributed by atoms with Crippen molar-refractivity contribution in [3.63, 3.8) is 0 Å². The zero-order valence-electron chi connectivity index (χ0n) is 9.02. The van der Waals surface area contributed by atoms with E-state index in [9.17, 15) is 0 Å². The monoisotopic (exact) mass is 224 g/mol. The summed E-state index contributed by atoms with van der Waals surface area (Å²) in [4.78, 5) is 0. The van der Waals surface area contributed by atoms with Crippen LogP contribution in [0.5, 0.6) is 0 Å². The summed E-state index contributed by atoms with van der Waals surface area (Å²) in [6.45, 7) is 1.07. The van der Waals surface area contributed by atoms with E-state index in [1.54, 1.807) is 0 Å². The number of hydrogen-bond donors (Lipinski definition) is 2. The molecule has 15 heavy (non-hydrogen) atoms. The quantitative estimate of drug-likeness (QED) is 0.825. The first-order chi connectivity index (χ1) is 7.29. The van der Waals surface area contributed by atoms with Crippen molar-refractivity contribution in [1.82, 2.24) is 5.32 Å². The van der Waals surface area contributed by atoms with Crippen molar-refractivity contribution in [3.8, 4) is 0 Å². The molecule has 0 aliphatic carbocycles. The van der Waals surface area contributed by atoms with E-state index in [2.05, 4.69) is 22.8 Å². The van der Waals surface area contributed by atoms with Crippen LogP contribution in [0.3, 0.4) is 0 Å². The summed E-state index contributed by atoms with van der Waals surface area (Å²) in [5.74, 6) is 0. The van der Waals surface area contributed by atoms with Crippen LogP contribution in [-0.2, 0) is 6.42 Å². The summed E-state index contributed by atoms with van der Waals surface area (Å²) in [5.41, 5.74) is 2.61. The van der Waals surface area contributed by atoms with Crippen LogP contribution in [0.15, 0.2) is 18.2 Å². The van der Waals surface area contributed by atoms with Crippen LogP contribution in [0.1, 0.15) is 18.4 Å². The van der Waals surface area contributed by atoms with Crippen molar-refractivity contribution >= 4 is 17.3 Å². The van der Waals surface area contributed by atoms with Crippen LogP contribution in [0.2, 0.25) is 5.02 Å². The van der Waals surface area contributed by atoms with Gasteiger partial charge < -0.3 is 10.6 Å². The third-order valence-corrected chi connectivity index (χ3v) is 3.17. The topological polar surface area (TPSA) is 24.1 Å². The third kappa shape index (κ3) is 2.64. The van der Waals surface area contributed by atoms with Crippen LogP contribution >= 0.6 is 11.6 Å². The van der Waals surface area contributed by atoms with Gasteiger partial charge in [0.15, 0.2) is 0 Å². The van der Waals surface area contributed by atoms with Gasteiger partial charge in [-0.25, -0.2) is 0 Å². The molecule has 82 valence electrons. The largest absolute Gasteiger partial charge is 0.382 e. The Morgan fingerprint density at radius 3 is 3.20 bits per heavy atom. The van der Waals surface area contributed by atoms with Crippen molar-refractivity contribution in [3.05, 3.63) is 28.8 Å². The highest BCUT2D eigenvalue weighted by Gasteiger charge is 2.16. The Morgan fingerprint density at radius 1 is 1.53 bits per heavy atom. The number of halogens is 1. The van der Waals surface area contributed by atoms with Gasteiger partial charge in [0.1, 0.15) is 0 Å². The van der Waals surface area contributed by atoms with E-state index in [0.29, 0.717) is 6.04 Å². The Hall–Kier alpha value is -0.730. The number of nitrogens with one attached hydrogen (secondary N) is 2. The summed E-state index contributed by atoms with van der Waals surface area (Å²) >= 11 is 5.96. The summed E-state index contributed by atoms with van der Waals surface area (Å²) < 4.78 is 0. The second-order valence-electron chi connectivity index (χ2n) is 4.07. The molecule has 0 radical (unpaired) electrons. The molecule has 1 aromatic rings. The van der Waals surface area contributed by atoms with Gasteiger partial charge in [0.25, 0.3) is 0 Å². The maximum atomic E-state index is 5.96. The zero-order chi connectivity index (χ0) is 10.7. The smallest absolute Gasteiger partial charge is 0.0410 e. The number of anilines is 1. The lowest BCUT2D eigenvalue weighted by atomic mass is 9.96. The fraction of sp³-hybridized carbons (Fsp3) is 0.500. The number of fused-ring (bicyclic) bond motifs is 1. The zero-order valence-corrected chi connectivity index (χ0v) is 9.77. The normalized spacial score (nSPS) is 19.5. The van der Waals surface area contributed by atoms with Crippen molar-refractivity contribution < 1.29 is 0 Å². The van der Waals surface area contributed by atoms with E-state index in [4.69, 9.17) is 11.6 Å². The predicted molar refractivity (Wildman–Crippen MR) is 65.7 cm³/mol. The standard InChI is InChI=1S/C12H17ClN2/c1-14-7-6-11-4-2-9-8-10(13)3-5-12(9)15-11/h3,5,8,11,14-15H,2,4,6-7H2,1H3. The molecule has 1 aliphatic heterocycles. The van der Waals surface area contributed by atoms with Crippen molar-refractivity contribution in [2.24, 2.45) is 0 Å². The first kappa shape index (κ1) is 10.8. The number of hydrogen-bond acceptors (Lipinski definition) is 2. The molecule has 1 aromatic carbocycles. The molecule has 2 nitrogen and oxygen atoms in total. The Labute approximate surface area is 96.0 Å². The summed E-state index contributed by atoms with van der Waals surface area (Å²) in [7, 11) is 2.00. The molecule has 0 saturated heterocycles. The van der Waals surface area contributed by atoms with Gasteiger partial charge in [0, 0.05) is 16.8 Å². The molecule has 2 N–H and O–H groups in total. The second kappa shape index (κ2) is 4.86. The van der Waals surface area contributed by atoms with E-state index >= 15 is 0 Å². The van der Waals surface area contributed by atoms with Crippen LogP contribution in [-0.4, -0.2) is 19.6 Å². The predicted octanol–water partition coefficient (Wildman–Crippen LogP) is 2.68. The summed E-state index contributed by atoms with van der Waals surface area (Å²) in [6, 6.07) is 6.71. The fourth-order valence-electron chi connectivity index (χ4n) is 2.07. The Morgan fingerprint density at radius 2 is 2.40 bits per heavy atom. The fourth-order valence-corrected chi connectivity index (χ4v) is 2.26. The third-order valence-electron chi connectivity index (χ3n) is 2.93. The Kier molecular flexibility index (Phi) is 3.49. The molecule has 2 rings (SSSR count). The molecule has 0 bridgehead atoms. The van der Waals surface area contributed by atoms with Gasteiger partial charge in [-0.1, -0.05) is 11.6 Å². The van der Waals surface area contributed by atoms with Gasteiger partial charge in [-0.05, 0) is 56.6 Å². The van der Waals surface area contributed by atoms with Gasteiger partial charge in [-0.15, -0.1) is 0 Å². The minimum absolute atomic E-state index is 0.603. The minimum Gasteiger partial charge on any atom is -0.382 e. The van der Waals surface area contributed by atoms with Gasteiger partial charge >= 0.3 is 0 Å². The average molecular weight is 225 g/mol. The molecule has 1 aliphatic rings.